The molecule has 1 aromatic carbocycles. The van der Waals surface area contributed by atoms with Crippen LogP contribution in [0, 0.1) is 6.92 Å². The Bertz CT molecular complexity index is 663. The molecule has 1 aromatic heterocycles. The van der Waals surface area contributed by atoms with Crippen molar-refractivity contribution >= 4 is 12.0 Å². The second kappa shape index (κ2) is 5.79. The van der Waals surface area contributed by atoms with E-state index in [0.29, 0.717) is 11.9 Å². The zero-order valence-electron chi connectivity index (χ0n) is 13.2. The monoisotopic (exact) mass is 299 g/mol. The Balaban J connectivity index is 1.67. The van der Waals surface area contributed by atoms with Crippen LogP contribution in [0.15, 0.2) is 30.6 Å². The molecule has 2 aromatic rings. The van der Waals surface area contributed by atoms with Crippen LogP contribution in [0.2, 0.25) is 0 Å². The number of hydrogen-bond donors (Lipinski definition) is 1. The highest BCUT2D eigenvalue weighted by Crippen LogP contribution is 2.31. The first kappa shape index (κ1) is 14.6. The topological polar surface area (TPSA) is 63.1 Å². The van der Waals surface area contributed by atoms with Gasteiger partial charge in [0.1, 0.15) is 6.33 Å². The molecule has 0 saturated carbocycles. The van der Waals surface area contributed by atoms with Crippen molar-refractivity contribution in [3.05, 3.63) is 41.7 Å². The Morgan fingerprint density at radius 1 is 1.32 bits per heavy atom. The van der Waals surface area contributed by atoms with Crippen LogP contribution in [0.3, 0.4) is 0 Å². The number of hydrogen-bond acceptors (Lipinski definition) is 3. The van der Waals surface area contributed by atoms with Gasteiger partial charge in [-0.3, -0.25) is 10.00 Å². The molecule has 1 aliphatic heterocycles. The second-order valence-electron chi connectivity index (χ2n) is 6.02. The minimum absolute atomic E-state index is 0.131. The van der Waals surface area contributed by atoms with Crippen LogP contribution < -0.4 is 5.32 Å². The minimum Gasteiger partial charge on any atom is -0.321 e. The van der Waals surface area contributed by atoms with Crippen molar-refractivity contribution in [3.8, 4) is 0 Å². The number of amides is 2. The third kappa shape index (κ3) is 2.95. The van der Waals surface area contributed by atoms with E-state index in [-0.39, 0.29) is 12.1 Å². The molecule has 0 spiro atoms. The van der Waals surface area contributed by atoms with Gasteiger partial charge in [-0.05, 0) is 25.8 Å². The number of anilines is 1. The fraction of sp³-hybridized carbons (Fsp3) is 0.438. The summed E-state index contributed by atoms with van der Waals surface area (Å²) in [6, 6.07) is 8.65. The van der Waals surface area contributed by atoms with Gasteiger partial charge in [-0.1, -0.05) is 29.8 Å². The van der Waals surface area contributed by atoms with Crippen LogP contribution >= 0.6 is 0 Å². The van der Waals surface area contributed by atoms with Crippen molar-refractivity contribution in [2.24, 2.45) is 7.05 Å². The summed E-state index contributed by atoms with van der Waals surface area (Å²) in [6.45, 7) is 4.89. The molecule has 0 bridgehead atoms. The second-order valence-corrected chi connectivity index (χ2v) is 6.02. The number of benzene rings is 1. The zero-order chi connectivity index (χ0) is 15.7. The standard InChI is InChI=1S/C16H21N5O/c1-11-4-6-13(7-5-11)14-8-12(2)21(9-14)16(22)18-15-17-10-20(3)19-15/h4-7,10,12,14H,8-9H2,1-3H3,(H,18,19,22)/t12-,14+/m0/s1. The van der Waals surface area contributed by atoms with E-state index >= 15 is 0 Å². The minimum atomic E-state index is -0.131. The molecule has 1 N–H and O–H groups in total. The van der Waals surface area contributed by atoms with Crippen LogP contribution in [-0.4, -0.2) is 38.3 Å². The number of aryl methyl sites for hydroxylation is 2. The number of aromatic nitrogens is 3. The molecule has 3 rings (SSSR count). The lowest BCUT2D eigenvalue weighted by atomic mass is 9.96. The van der Waals surface area contributed by atoms with E-state index in [0.717, 1.165) is 13.0 Å². The average molecular weight is 299 g/mol. The smallest absolute Gasteiger partial charge is 0.321 e. The van der Waals surface area contributed by atoms with Gasteiger partial charge >= 0.3 is 6.03 Å². The Morgan fingerprint density at radius 3 is 2.68 bits per heavy atom. The summed E-state index contributed by atoms with van der Waals surface area (Å²) in [7, 11) is 1.77. The number of likely N-dealkylation sites (tertiary alicyclic amines) is 1. The van der Waals surface area contributed by atoms with Crippen molar-refractivity contribution in [1.82, 2.24) is 19.7 Å². The van der Waals surface area contributed by atoms with Crippen molar-refractivity contribution in [2.45, 2.75) is 32.2 Å². The molecule has 0 radical (unpaired) electrons. The molecule has 1 saturated heterocycles. The number of nitrogens with zero attached hydrogens (tertiary/aromatic N) is 4. The molecular weight excluding hydrogens is 278 g/mol. The third-order valence-electron chi connectivity index (χ3n) is 4.20. The molecule has 2 heterocycles. The molecule has 1 fully saturated rings. The quantitative estimate of drug-likeness (QED) is 0.927. The average Bonchev–Trinajstić information content (AvgIpc) is 3.06. The first-order valence-corrected chi connectivity index (χ1v) is 7.53. The molecule has 22 heavy (non-hydrogen) atoms. The van der Waals surface area contributed by atoms with Gasteiger partial charge in [0.2, 0.25) is 5.95 Å². The summed E-state index contributed by atoms with van der Waals surface area (Å²) < 4.78 is 1.57. The summed E-state index contributed by atoms with van der Waals surface area (Å²) in [4.78, 5) is 18.3. The van der Waals surface area contributed by atoms with Crippen molar-refractivity contribution in [1.29, 1.82) is 0 Å². The maximum absolute atomic E-state index is 12.4. The van der Waals surface area contributed by atoms with Gasteiger partial charge in [-0.15, -0.1) is 5.10 Å². The molecule has 116 valence electrons. The van der Waals surface area contributed by atoms with E-state index in [1.165, 1.54) is 11.1 Å². The van der Waals surface area contributed by atoms with Crippen LogP contribution in [-0.2, 0) is 7.05 Å². The van der Waals surface area contributed by atoms with Gasteiger partial charge in [-0.25, -0.2) is 9.78 Å². The molecule has 0 aliphatic carbocycles. The Labute approximate surface area is 130 Å². The lowest BCUT2D eigenvalue weighted by Crippen LogP contribution is -2.37. The zero-order valence-corrected chi connectivity index (χ0v) is 13.2. The fourth-order valence-corrected chi connectivity index (χ4v) is 2.96. The number of rotatable bonds is 2. The number of urea groups is 1. The van der Waals surface area contributed by atoms with Gasteiger partial charge in [0.15, 0.2) is 0 Å². The summed E-state index contributed by atoms with van der Waals surface area (Å²) >= 11 is 0. The molecule has 2 amide bonds. The van der Waals surface area contributed by atoms with E-state index in [2.05, 4.69) is 53.5 Å². The highest BCUT2D eigenvalue weighted by molar-refractivity contribution is 5.87. The van der Waals surface area contributed by atoms with E-state index in [1.54, 1.807) is 18.1 Å². The predicted octanol–water partition coefficient (Wildman–Crippen LogP) is 2.53. The van der Waals surface area contributed by atoms with Crippen LogP contribution in [0.5, 0.6) is 0 Å². The Kier molecular flexibility index (Phi) is 3.83. The van der Waals surface area contributed by atoms with Crippen LogP contribution in [0.25, 0.3) is 0 Å². The maximum Gasteiger partial charge on any atom is 0.324 e. The lowest BCUT2D eigenvalue weighted by Gasteiger charge is -2.20. The van der Waals surface area contributed by atoms with E-state index < -0.39 is 0 Å². The molecule has 0 unspecified atom stereocenters. The summed E-state index contributed by atoms with van der Waals surface area (Å²) in [6.07, 6.45) is 2.55. The lowest BCUT2D eigenvalue weighted by molar-refractivity contribution is 0.209. The summed E-state index contributed by atoms with van der Waals surface area (Å²) in [5, 5.41) is 6.84. The SMILES string of the molecule is Cc1ccc([C@@H]2C[C@H](C)N(C(=O)Nc3ncn(C)n3)C2)cc1. The van der Waals surface area contributed by atoms with E-state index in [1.807, 2.05) is 4.90 Å². The Hall–Kier alpha value is -2.37. The highest BCUT2D eigenvalue weighted by Gasteiger charge is 2.33. The van der Waals surface area contributed by atoms with Gasteiger partial charge in [0.05, 0.1) is 0 Å². The molecule has 1 aliphatic rings. The summed E-state index contributed by atoms with van der Waals surface area (Å²) in [5.74, 6) is 0.733. The van der Waals surface area contributed by atoms with Gasteiger partial charge < -0.3 is 4.90 Å². The summed E-state index contributed by atoms with van der Waals surface area (Å²) in [5.41, 5.74) is 2.55. The molecule has 6 nitrogen and oxygen atoms in total. The van der Waals surface area contributed by atoms with Crippen LogP contribution in [0.1, 0.15) is 30.4 Å². The molecule has 6 heteroatoms. The number of nitrogens with one attached hydrogen (secondary N) is 1. The normalized spacial score (nSPS) is 21.1. The van der Waals surface area contributed by atoms with E-state index in [4.69, 9.17) is 0 Å². The third-order valence-corrected chi connectivity index (χ3v) is 4.20. The van der Waals surface area contributed by atoms with Crippen LogP contribution in [0.4, 0.5) is 10.7 Å². The first-order valence-electron chi connectivity index (χ1n) is 7.53. The predicted molar refractivity (Wildman–Crippen MR) is 84.7 cm³/mol. The van der Waals surface area contributed by atoms with Crippen molar-refractivity contribution in [3.63, 3.8) is 0 Å². The highest BCUT2D eigenvalue weighted by atomic mass is 16.2. The Morgan fingerprint density at radius 2 is 2.05 bits per heavy atom. The number of carbonyl (C=O) groups excluding carboxylic acids is 1. The molecular formula is C16H21N5O. The van der Waals surface area contributed by atoms with Crippen molar-refractivity contribution in [2.75, 3.05) is 11.9 Å². The fourth-order valence-electron chi connectivity index (χ4n) is 2.96. The van der Waals surface area contributed by atoms with Gasteiger partial charge in [0.25, 0.3) is 0 Å². The molecule has 2 atom stereocenters. The van der Waals surface area contributed by atoms with Gasteiger partial charge in [-0.2, -0.15) is 0 Å². The first-order chi connectivity index (χ1) is 10.5. The van der Waals surface area contributed by atoms with Crippen molar-refractivity contribution < 1.29 is 4.79 Å². The maximum atomic E-state index is 12.4. The van der Waals surface area contributed by atoms with E-state index in [9.17, 15) is 4.79 Å². The number of carbonyl (C=O) groups is 1. The largest absolute Gasteiger partial charge is 0.324 e. The van der Waals surface area contributed by atoms with Gasteiger partial charge in [0, 0.05) is 25.6 Å².